The number of hydrogen-bond donors (Lipinski definition) is 3. The molecule has 4 nitrogen and oxygen atoms in total. The van der Waals surface area contributed by atoms with Crippen LogP contribution in [0.3, 0.4) is 0 Å². The first-order valence-electron chi connectivity index (χ1n) is 6.38. The van der Waals surface area contributed by atoms with Crippen molar-refractivity contribution in [2.45, 2.75) is 40.0 Å². The molecule has 1 aromatic carbocycles. The Hall–Kier alpha value is -1.62. The van der Waals surface area contributed by atoms with E-state index in [1.54, 1.807) is 0 Å². The molecular weight excluding hydrogens is 258 g/mol. The Morgan fingerprint density at radius 3 is 2.68 bits per heavy atom. The van der Waals surface area contributed by atoms with Crippen molar-refractivity contribution in [3.05, 3.63) is 28.8 Å². The van der Waals surface area contributed by atoms with E-state index in [1.807, 2.05) is 26.0 Å². The van der Waals surface area contributed by atoms with E-state index in [1.165, 1.54) is 0 Å². The van der Waals surface area contributed by atoms with E-state index >= 15 is 0 Å². The zero-order valence-corrected chi connectivity index (χ0v) is 12.5. The van der Waals surface area contributed by atoms with Crippen LogP contribution in [0.15, 0.2) is 17.2 Å². The Balaban J connectivity index is 3.16. The molecular formula is C14H21N3OS. The summed E-state index contributed by atoms with van der Waals surface area (Å²) in [5, 5.41) is 14.5. The van der Waals surface area contributed by atoms with Gasteiger partial charge in [-0.2, -0.15) is 5.10 Å². The molecule has 0 unspecified atom stereocenters. The molecule has 1 rings (SSSR count). The summed E-state index contributed by atoms with van der Waals surface area (Å²) in [5.74, 6) is 0.269. The highest BCUT2D eigenvalue weighted by Gasteiger charge is 2.12. The van der Waals surface area contributed by atoms with E-state index in [0.29, 0.717) is 0 Å². The molecule has 0 radical (unpaired) electrons. The van der Waals surface area contributed by atoms with Crippen molar-refractivity contribution in [1.29, 1.82) is 0 Å². The summed E-state index contributed by atoms with van der Waals surface area (Å²) in [6.07, 6.45) is 2.81. The van der Waals surface area contributed by atoms with Crippen LogP contribution in [-0.2, 0) is 0 Å². The zero-order chi connectivity index (χ0) is 14.4. The van der Waals surface area contributed by atoms with Gasteiger partial charge in [-0.3, -0.25) is 5.43 Å². The molecule has 19 heavy (non-hydrogen) atoms. The third kappa shape index (κ3) is 4.52. The van der Waals surface area contributed by atoms with Gasteiger partial charge in [0.25, 0.3) is 0 Å². The molecule has 1 aromatic rings. The number of aromatic hydroxyl groups is 1. The average Bonchev–Trinajstić information content (AvgIpc) is 2.34. The van der Waals surface area contributed by atoms with E-state index in [4.69, 9.17) is 18.0 Å². The third-order valence-corrected chi connectivity index (χ3v) is 2.92. The molecule has 0 bridgehead atoms. The minimum atomic E-state index is 0.123. The Bertz CT molecular complexity index is 498. The molecule has 0 aliphatic rings. The number of aryl methyl sites for hydroxylation is 2. The van der Waals surface area contributed by atoms with Crippen molar-refractivity contribution in [2.75, 3.05) is 0 Å². The van der Waals surface area contributed by atoms with E-state index in [0.717, 1.165) is 41.7 Å². The molecule has 5 heteroatoms. The molecule has 0 saturated carbocycles. The number of nitrogens with one attached hydrogen (secondary N) is 1. The first-order chi connectivity index (χ1) is 8.95. The fraction of sp³-hybridized carbons (Fsp3) is 0.429. The summed E-state index contributed by atoms with van der Waals surface area (Å²) in [7, 11) is 0. The van der Waals surface area contributed by atoms with Gasteiger partial charge in [-0.15, -0.1) is 0 Å². The number of phenolic OH excluding ortho intramolecular Hbond substituents is 1. The Labute approximate surface area is 119 Å². The smallest absolute Gasteiger partial charge is 0.184 e. The second-order valence-corrected chi connectivity index (χ2v) is 5.06. The van der Waals surface area contributed by atoms with E-state index in [-0.39, 0.29) is 10.9 Å². The van der Waals surface area contributed by atoms with Crippen molar-refractivity contribution in [1.82, 2.24) is 5.43 Å². The molecule has 0 saturated heterocycles. The highest BCUT2D eigenvalue weighted by atomic mass is 32.1. The predicted molar refractivity (Wildman–Crippen MR) is 83.6 cm³/mol. The van der Waals surface area contributed by atoms with Gasteiger partial charge in [0.15, 0.2) is 5.11 Å². The van der Waals surface area contributed by atoms with Gasteiger partial charge >= 0.3 is 0 Å². The summed E-state index contributed by atoms with van der Waals surface area (Å²) in [6.45, 7) is 5.98. The van der Waals surface area contributed by atoms with Crippen LogP contribution in [-0.4, -0.2) is 15.9 Å². The van der Waals surface area contributed by atoms with Crippen LogP contribution in [0.1, 0.15) is 42.9 Å². The summed E-state index contributed by atoms with van der Waals surface area (Å²) in [6, 6.07) is 3.87. The largest absolute Gasteiger partial charge is 0.507 e. The van der Waals surface area contributed by atoms with Gasteiger partial charge in [-0.05, 0) is 56.1 Å². The van der Waals surface area contributed by atoms with Crippen LogP contribution in [0.4, 0.5) is 0 Å². The standard InChI is InChI=1S/C14H21N3OS/c1-4-5-6-12(16-17-14(15)19)11-8-9(2)7-10(3)13(11)18/h7-8,18H,4-6H2,1-3H3,(H3,15,17,19). The normalized spacial score (nSPS) is 11.4. The molecule has 0 aromatic heterocycles. The van der Waals surface area contributed by atoms with Crippen LogP contribution in [0.25, 0.3) is 0 Å². The number of rotatable bonds is 5. The van der Waals surface area contributed by atoms with Crippen LogP contribution >= 0.6 is 12.2 Å². The molecule has 0 heterocycles. The summed E-state index contributed by atoms with van der Waals surface area (Å²) < 4.78 is 0. The van der Waals surface area contributed by atoms with Gasteiger partial charge < -0.3 is 10.8 Å². The maximum absolute atomic E-state index is 10.2. The van der Waals surface area contributed by atoms with Crippen molar-refractivity contribution in [3.63, 3.8) is 0 Å². The van der Waals surface area contributed by atoms with Crippen LogP contribution in [0.5, 0.6) is 5.75 Å². The van der Waals surface area contributed by atoms with Crippen molar-refractivity contribution < 1.29 is 5.11 Å². The van der Waals surface area contributed by atoms with E-state index in [9.17, 15) is 5.11 Å². The molecule has 0 fully saturated rings. The van der Waals surface area contributed by atoms with Crippen LogP contribution in [0, 0.1) is 13.8 Å². The van der Waals surface area contributed by atoms with Crippen molar-refractivity contribution >= 4 is 23.0 Å². The lowest BCUT2D eigenvalue weighted by atomic mass is 9.99. The molecule has 0 aliphatic carbocycles. The first kappa shape index (κ1) is 15.4. The topological polar surface area (TPSA) is 70.6 Å². The van der Waals surface area contributed by atoms with Gasteiger partial charge in [0, 0.05) is 5.56 Å². The molecule has 104 valence electrons. The number of nitrogens with zero attached hydrogens (tertiary/aromatic N) is 1. The van der Waals surface area contributed by atoms with Gasteiger partial charge in [0.2, 0.25) is 0 Å². The number of benzene rings is 1. The van der Waals surface area contributed by atoms with Crippen LogP contribution < -0.4 is 11.2 Å². The highest BCUT2D eigenvalue weighted by Crippen LogP contribution is 2.25. The summed E-state index contributed by atoms with van der Waals surface area (Å²) in [5.41, 5.74) is 11.5. The molecule has 0 spiro atoms. The number of thiocarbonyl (C=S) groups is 1. The molecule has 4 N–H and O–H groups in total. The van der Waals surface area contributed by atoms with Gasteiger partial charge in [-0.25, -0.2) is 0 Å². The summed E-state index contributed by atoms with van der Waals surface area (Å²) in [4.78, 5) is 0. The van der Waals surface area contributed by atoms with Crippen LogP contribution in [0.2, 0.25) is 0 Å². The molecule has 0 atom stereocenters. The number of hydrazone groups is 1. The SMILES string of the molecule is CCCCC(=NNC(N)=S)c1cc(C)cc(C)c1O. The lowest BCUT2D eigenvalue weighted by Gasteiger charge is -2.12. The number of hydrogen-bond acceptors (Lipinski definition) is 3. The summed E-state index contributed by atoms with van der Waals surface area (Å²) >= 11 is 4.76. The Morgan fingerprint density at radius 2 is 2.11 bits per heavy atom. The van der Waals surface area contributed by atoms with Crippen molar-refractivity contribution in [3.8, 4) is 5.75 Å². The Kier molecular flexibility index (Phi) is 5.76. The number of phenols is 1. The van der Waals surface area contributed by atoms with Gasteiger partial charge in [-0.1, -0.05) is 19.4 Å². The number of nitrogens with two attached hydrogens (primary N) is 1. The maximum atomic E-state index is 10.2. The second kappa shape index (κ2) is 7.09. The predicted octanol–water partition coefficient (Wildman–Crippen LogP) is 2.74. The maximum Gasteiger partial charge on any atom is 0.184 e. The highest BCUT2D eigenvalue weighted by molar-refractivity contribution is 7.80. The minimum absolute atomic E-state index is 0.123. The lowest BCUT2D eigenvalue weighted by Crippen LogP contribution is -2.25. The first-order valence-corrected chi connectivity index (χ1v) is 6.79. The minimum Gasteiger partial charge on any atom is -0.507 e. The zero-order valence-electron chi connectivity index (χ0n) is 11.7. The molecule has 0 aliphatic heterocycles. The average molecular weight is 279 g/mol. The Morgan fingerprint density at radius 1 is 1.42 bits per heavy atom. The number of unbranched alkanes of at least 4 members (excludes halogenated alkanes) is 1. The monoisotopic (exact) mass is 279 g/mol. The fourth-order valence-electron chi connectivity index (χ4n) is 1.90. The second-order valence-electron chi connectivity index (χ2n) is 4.62. The van der Waals surface area contributed by atoms with E-state index in [2.05, 4.69) is 17.5 Å². The fourth-order valence-corrected chi connectivity index (χ4v) is 1.94. The van der Waals surface area contributed by atoms with Gasteiger partial charge in [0.05, 0.1) is 5.71 Å². The lowest BCUT2D eigenvalue weighted by molar-refractivity contribution is 0.469. The van der Waals surface area contributed by atoms with Gasteiger partial charge in [0.1, 0.15) is 5.75 Å². The quantitative estimate of drug-likeness (QED) is 0.440. The molecule has 0 amide bonds. The third-order valence-electron chi connectivity index (χ3n) is 2.82. The van der Waals surface area contributed by atoms with E-state index < -0.39 is 0 Å². The van der Waals surface area contributed by atoms with Crippen molar-refractivity contribution in [2.24, 2.45) is 10.8 Å².